The Morgan fingerprint density at radius 3 is 2.85 bits per heavy atom. The van der Waals surface area contributed by atoms with Gasteiger partial charge in [0.25, 0.3) is 5.91 Å². The summed E-state index contributed by atoms with van der Waals surface area (Å²) >= 11 is 0. The molecule has 33 heavy (non-hydrogen) atoms. The molecule has 170 valence electrons. The minimum Gasteiger partial charge on any atom is -0.393 e. The number of rotatable bonds is 6. The monoisotopic (exact) mass is 445 g/mol. The molecule has 1 aliphatic rings. The van der Waals surface area contributed by atoms with E-state index >= 15 is 0 Å². The fourth-order valence-electron chi connectivity index (χ4n) is 4.24. The van der Waals surface area contributed by atoms with Gasteiger partial charge in [0.2, 0.25) is 11.7 Å². The zero-order chi connectivity index (χ0) is 22.8. The zero-order valence-electron chi connectivity index (χ0n) is 18.5. The van der Waals surface area contributed by atoms with Gasteiger partial charge < -0.3 is 15.7 Å². The summed E-state index contributed by atoms with van der Waals surface area (Å²) in [4.78, 5) is 30.9. The molecule has 1 saturated carbocycles. The van der Waals surface area contributed by atoms with Crippen LogP contribution < -0.4 is 10.6 Å². The van der Waals surface area contributed by atoms with Crippen molar-refractivity contribution < 1.29 is 9.90 Å². The molecule has 1 aromatic carbocycles. The lowest BCUT2D eigenvalue weighted by Crippen LogP contribution is -2.29. The van der Waals surface area contributed by atoms with Crippen molar-refractivity contribution in [3.05, 3.63) is 59.8 Å². The molecular formula is C24H27N7O2. The molecule has 1 amide bonds. The quantitative estimate of drug-likeness (QED) is 0.418. The molecule has 3 heterocycles. The summed E-state index contributed by atoms with van der Waals surface area (Å²) in [5.41, 5.74) is 2.93. The number of nitrogens with one attached hydrogen (secondary N) is 2. The Morgan fingerprint density at radius 2 is 2.00 bits per heavy atom. The van der Waals surface area contributed by atoms with Crippen LogP contribution in [0.4, 0.5) is 5.95 Å². The Kier molecular flexibility index (Phi) is 5.87. The van der Waals surface area contributed by atoms with Crippen molar-refractivity contribution in [2.24, 2.45) is 0 Å². The van der Waals surface area contributed by atoms with Crippen LogP contribution >= 0.6 is 0 Å². The fraction of sp³-hybridized carbons (Fsp3) is 0.375. The number of carbonyl (C=O) groups is 1. The summed E-state index contributed by atoms with van der Waals surface area (Å²) < 4.78 is 1.88. The molecule has 0 spiro atoms. The topological polar surface area (TPSA) is 117 Å². The van der Waals surface area contributed by atoms with Gasteiger partial charge in [-0.05, 0) is 44.7 Å². The molecule has 9 nitrogen and oxygen atoms in total. The van der Waals surface area contributed by atoms with Gasteiger partial charge in [-0.15, -0.1) is 0 Å². The number of hydrogen-bond donors (Lipinski definition) is 3. The number of amides is 1. The molecule has 0 atom stereocenters. The van der Waals surface area contributed by atoms with E-state index in [0.29, 0.717) is 35.8 Å². The summed E-state index contributed by atoms with van der Waals surface area (Å²) in [7, 11) is 0. The molecule has 0 saturated heterocycles. The molecule has 3 aromatic heterocycles. The van der Waals surface area contributed by atoms with Gasteiger partial charge in [-0.1, -0.05) is 12.1 Å². The van der Waals surface area contributed by atoms with Crippen molar-refractivity contribution in [1.82, 2.24) is 29.7 Å². The van der Waals surface area contributed by atoms with Gasteiger partial charge in [0.05, 0.1) is 22.9 Å². The normalized spacial score (nSPS) is 18.5. The van der Waals surface area contributed by atoms with Crippen molar-refractivity contribution in [2.45, 2.75) is 51.2 Å². The molecule has 0 unspecified atom stereocenters. The van der Waals surface area contributed by atoms with Crippen molar-refractivity contribution in [3.8, 4) is 0 Å². The molecule has 1 aliphatic carbocycles. The van der Waals surface area contributed by atoms with Crippen LogP contribution in [0.25, 0.3) is 16.7 Å². The van der Waals surface area contributed by atoms with Crippen molar-refractivity contribution in [1.29, 1.82) is 0 Å². The maximum atomic E-state index is 12.9. The van der Waals surface area contributed by atoms with Crippen LogP contribution in [0.1, 0.15) is 47.4 Å². The highest BCUT2D eigenvalue weighted by Gasteiger charge is 2.20. The van der Waals surface area contributed by atoms with E-state index in [1.807, 2.05) is 41.9 Å². The molecular weight excluding hydrogens is 418 g/mol. The van der Waals surface area contributed by atoms with Crippen LogP contribution in [0, 0.1) is 6.92 Å². The second kappa shape index (κ2) is 9.11. The number of anilines is 1. The maximum absolute atomic E-state index is 12.9. The van der Waals surface area contributed by atoms with Crippen molar-refractivity contribution in [2.75, 3.05) is 11.9 Å². The summed E-state index contributed by atoms with van der Waals surface area (Å²) in [5, 5.41) is 16.9. The predicted octanol–water partition coefficient (Wildman–Crippen LogP) is 2.67. The van der Waals surface area contributed by atoms with Crippen LogP contribution in [0.2, 0.25) is 0 Å². The third-order valence-electron chi connectivity index (χ3n) is 6.07. The van der Waals surface area contributed by atoms with E-state index in [2.05, 4.69) is 30.6 Å². The van der Waals surface area contributed by atoms with E-state index < -0.39 is 0 Å². The first-order valence-corrected chi connectivity index (χ1v) is 11.3. The first-order valence-electron chi connectivity index (χ1n) is 11.3. The molecule has 3 N–H and O–H groups in total. The predicted molar refractivity (Wildman–Crippen MR) is 125 cm³/mol. The van der Waals surface area contributed by atoms with Crippen LogP contribution in [0.5, 0.6) is 0 Å². The van der Waals surface area contributed by atoms with Crippen molar-refractivity contribution >= 4 is 28.5 Å². The number of aliphatic hydroxyl groups excluding tert-OH is 1. The standard InChI is InChI=1S/C24H27N7O2/c1-15-10-12-31-14-18(29-24(31)27-15)9-11-25-22(33)20-4-2-3-16-13-26-23(30-21(16)20)28-17-5-7-19(32)8-6-17/h2-4,10,12-14,17,19,32H,5-9,11H2,1H3,(H,25,33)(H,26,28,30)/t17-,19-. The molecule has 0 aliphatic heterocycles. The van der Waals surface area contributed by atoms with E-state index in [-0.39, 0.29) is 18.1 Å². The van der Waals surface area contributed by atoms with Gasteiger partial charge in [0.1, 0.15) is 0 Å². The largest absolute Gasteiger partial charge is 0.393 e. The molecule has 5 rings (SSSR count). The highest BCUT2D eigenvalue weighted by Crippen LogP contribution is 2.23. The average Bonchev–Trinajstić information content (AvgIpc) is 3.22. The second-order valence-electron chi connectivity index (χ2n) is 8.60. The van der Waals surface area contributed by atoms with E-state index in [9.17, 15) is 9.90 Å². The molecule has 1 fully saturated rings. The Hall–Kier alpha value is -3.59. The number of para-hydroxylation sites is 1. The summed E-state index contributed by atoms with van der Waals surface area (Å²) in [5.74, 6) is 0.995. The van der Waals surface area contributed by atoms with Gasteiger partial charge in [-0.25, -0.2) is 19.9 Å². The van der Waals surface area contributed by atoms with Gasteiger partial charge >= 0.3 is 0 Å². The number of nitrogens with zero attached hydrogens (tertiary/aromatic N) is 5. The lowest BCUT2D eigenvalue weighted by atomic mass is 9.93. The number of aromatic nitrogens is 5. The number of aliphatic hydroxyl groups is 1. The van der Waals surface area contributed by atoms with E-state index in [0.717, 1.165) is 42.5 Å². The highest BCUT2D eigenvalue weighted by atomic mass is 16.3. The van der Waals surface area contributed by atoms with Crippen LogP contribution in [-0.2, 0) is 6.42 Å². The first-order chi connectivity index (χ1) is 16.0. The Balaban J connectivity index is 1.27. The maximum Gasteiger partial charge on any atom is 0.253 e. The number of benzene rings is 1. The molecule has 0 bridgehead atoms. The Labute approximate surface area is 191 Å². The lowest BCUT2D eigenvalue weighted by Gasteiger charge is -2.26. The van der Waals surface area contributed by atoms with Gasteiger partial charge in [-0.3, -0.25) is 9.20 Å². The molecule has 9 heteroatoms. The third-order valence-corrected chi connectivity index (χ3v) is 6.07. The van der Waals surface area contributed by atoms with Crippen molar-refractivity contribution in [3.63, 3.8) is 0 Å². The summed E-state index contributed by atoms with van der Waals surface area (Å²) in [6.07, 6.45) is 9.31. The minimum absolute atomic E-state index is 0.177. The van der Waals surface area contributed by atoms with Gasteiger partial charge in [-0.2, -0.15) is 0 Å². The average molecular weight is 446 g/mol. The molecule has 0 radical (unpaired) electrons. The van der Waals surface area contributed by atoms with E-state index in [1.54, 1.807) is 12.3 Å². The Bertz CT molecular complexity index is 1290. The van der Waals surface area contributed by atoms with E-state index in [1.165, 1.54) is 0 Å². The third kappa shape index (κ3) is 4.78. The Morgan fingerprint density at radius 1 is 1.15 bits per heavy atom. The van der Waals surface area contributed by atoms with Crippen LogP contribution in [-0.4, -0.2) is 54.0 Å². The number of carbonyl (C=O) groups excluding carboxylic acids is 1. The zero-order valence-corrected chi connectivity index (χ0v) is 18.5. The number of hydrogen-bond acceptors (Lipinski definition) is 7. The first kappa shape index (κ1) is 21.3. The summed E-state index contributed by atoms with van der Waals surface area (Å²) in [6, 6.07) is 7.69. The van der Waals surface area contributed by atoms with Gasteiger partial charge in [0, 0.05) is 48.7 Å². The minimum atomic E-state index is -0.211. The number of aryl methyl sites for hydroxylation is 1. The molecule has 4 aromatic rings. The highest BCUT2D eigenvalue weighted by molar-refractivity contribution is 6.05. The van der Waals surface area contributed by atoms with E-state index in [4.69, 9.17) is 0 Å². The van der Waals surface area contributed by atoms with Crippen LogP contribution in [0.15, 0.2) is 42.9 Å². The second-order valence-corrected chi connectivity index (χ2v) is 8.60. The number of fused-ring (bicyclic) bond motifs is 2. The summed E-state index contributed by atoms with van der Waals surface area (Å²) in [6.45, 7) is 2.39. The fourth-order valence-corrected chi connectivity index (χ4v) is 4.24. The van der Waals surface area contributed by atoms with Crippen LogP contribution in [0.3, 0.4) is 0 Å². The SMILES string of the molecule is Cc1ccn2cc(CCNC(=O)c3cccc4cnc(N[C@H]5CC[C@H](O)CC5)nc34)nc2n1. The lowest BCUT2D eigenvalue weighted by molar-refractivity contribution is 0.0955. The van der Waals surface area contributed by atoms with Gasteiger partial charge in [0.15, 0.2) is 0 Å². The smallest absolute Gasteiger partial charge is 0.253 e. The number of imidazole rings is 1.